The zero-order valence-electron chi connectivity index (χ0n) is 11.5. The summed E-state index contributed by atoms with van der Waals surface area (Å²) in [4.78, 5) is 14.7. The molecule has 0 unspecified atom stereocenters. The van der Waals surface area contributed by atoms with Gasteiger partial charge < -0.3 is 4.74 Å². The van der Waals surface area contributed by atoms with Gasteiger partial charge in [0.25, 0.3) is 0 Å². The van der Waals surface area contributed by atoms with Crippen molar-refractivity contribution in [1.29, 1.82) is 0 Å². The Labute approximate surface area is 133 Å². The van der Waals surface area contributed by atoms with Crippen molar-refractivity contribution >= 4 is 15.9 Å². The topological polar surface area (TPSA) is 59.9 Å². The van der Waals surface area contributed by atoms with E-state index in [9.17, 15) is 9.18 Å². The summed E-state index contributed by atoms with van der Waals surface area (Å²) in [5.74, 6) is -0.0382. The number of H-pyrrole nitrogens is 1. The van der Waals surface area contributed by atoms with E-state index in [4.69, 9.17) is 4.74 Å². The largest absolute Gasteiger partial charge is 0.494 e. The number of methoxy groups -OCH3 is 1. The van der Waals surface area contributed by atoms with Gasteiger partial charge >= 0.3 is 5.69 Å². The number of aromatic nitrogens is 3. The highest BCUT2D eigenvalue weighted by molar-refractivity contribution is 9.10. The van der Waals surface area contributed by atoms with Gasteiger partial charge in [0.05, 0.1) is 12.8 Å². The Balaban J connectivity index is 2.05. The van der Waals surface area contributed by atoms with Gasteiger partial charge in [-0.1, -0.05) is 15.9 Å². The van der Waals surface area contributed by atoms with E-state index in [1.54, 1.807) is 12.1 Å². The van der Waals surface area contributed by atoms with Crippen LogP contribution >= 0.6 is 15.9 Å². The monoisotopic (exact) mass is 363 g/mol. The molecule has 0 aliphatic carbocycles. The van der Waals surface area contributed by atoms with E-state index in [0.29, 0.717) is 17.1 Å². The van der Waals surface area contributed by atoms with Crippen LogP contribution in [0.25, 0.3) is 17.1 Å². The fourth-order valence-corrected chi connectivity index (χ4v) is 2.28. The molecule has 0 saturated heterocycles. The number of hydrogen-bond acceptors (Lipinski definition) is 3. The van der Waals surface area contributed by atoms with Crippen molar-refractivity contribution in [3.8, 4) is 22.8 Å². The van der Waals surface area contributed by atoms with Crippen molar-refractivity contribution in [2.24, 2.45) is 0 Å². The van der Waals surface area contributed by atoms with Crippen LogP contribution in [0.1, 0.15) is 0 Å². The van der Waals surface area contributed by atoms with Crippen molar-refractivity contribution in [3.05, 3.63) is 63.2 Å². The summed E-state index contributed by atoms with van der Waals surface area (Å²) in [6.07, 6.45) is 0. The third kappa shape index (κ3) is 2.67. The Morgan fingerprint density at radius 3 is 2.64 bits per heavy atom. The van der Waals surface area contributed by atoms with Gasteiger partial charge in [0.15, 0.2) is 17.4 Å². The molecule has 0 spiro atoms. The lowest BCUT2D eigenvalue weighted by Gasteiger charge is -2.03. The molecule has 112 valence electrons. The molecule has 0 aliphatic heterocycles. The van der Waals surface area contributed by atoms with Gasteiger partial charge in [-0.2, -0.15) is 4.68 Å². The molecule has 1 heterocycles. The van der Waals surface area contributed by atoms with Crippen LogP contribution in [0.4, 0.5) is 4.39 Å². The number of nitrogens with one attached hydrogen (secondary N) is 1. The summed E-state index contributed by atoms with van der Waals surface area (Å²) in [5, 5.41) is 4.24. The predicted octanol–water partition coefficient (Wildman–Crippen LogP) is 3.14. The van der Waals surface area contributed by atoms with Crippen LogP contribution in [0, 0.1) is 5.82 Å². The normalized spacial score (nSPS) is 10.7. The van der Waals surface area contributed by atoms with E-state index in [2.05, 4.69) is 26.0 Å². The highest BCUT2D eigenvalue weighted by Gasteiger charge is 2.11. The molecule has 5 nitrogen and oxygen atoms in total. The molecule has 0 saturated carbocycles. The van der Waals surface area contributed by atoms with Gasteiger partial charge in [0, 0.05) is 10.0 Å². The van der Waals surface area contributed by atoms with Gasteiger partial charge in [-0.25, -0.2) is 9.18 Å². The molecule has 0 fully saturated rings. The second kappa shape index (κ2) is 5.76. The average molecular weight is 364 g/mol. The zero-order chi connectivity index (χ0) is 15.7. The number of ether oxygens (including phenoxy) is 1. The molecule has 22 heavy (non-hydrogen) atoms. The van der Waals surface area contributed by atoms with E-state index in [-0.39, 0.29) is 11.4 Å². The third-order valence-electron chi connectivity index (χ3n) is 3.11. The molecule has 7 heteroatoms. The van der Waals surface area contributed by atoms with Crippen molar-refractivity contribution in [2.45, 2.75) is 0 Å². The van der Waals surface area contributed by atoms with Gasteiger partial charge in [-0.15, -0.1) is 5.10 Å². The van der Waals surface area contributed by atoms with Crippen LogP contribution in [0.5, 0.6) is 5.75 Å². The summed E-state index contributed by atoms with van der Waals surface area (Å²) in [7, 11) is 1.38. The highest BCUT2D eigenvalue weighted by Crippen LogP contribution is 2.23. The van der Waals surface area contributed by atoms with Crippen LogP contribution in [-0.4, -0.2) is 21.9 Å². The average Bonchev–Trinajstić information content (AvgIpc) is 2.90. The van der Waals surface area contributed by atoms with E-state index in [1.165, 1.54) is 30.0 Å². The summed E-state index contributed by atoms with van der Waals surface area (Å²) >= 11 is 3.34. The Morgan fingerprint density at radius 1 is 1.23 bits per heavy atom. The Hall–Kier alpha value is -2.41. The van der Waals surface area contributed by atoms with Gasteiger partial charge in [-0.3, -0.25) is 4.98 Å². The van der Waals surface area contributed by atoms with E-state index >= 15 is 0 Å². The van der Waals surface area contributed by atoms with E-state index in [0.717, 1.165) is 4.47 Å². The molecule has 3 aromatic rings. The van der Waals surface area contributed by atoms with Gasteiger partial charge in [0.1, 0.15) is 0 Å². The molecule has 1 aromatic heterocycles. The first-order valence-corrected chi connectivity index (χ1v) is 7.17. The maximum Gasteiger partial charge on any atom is 0.348 e. The van der Waals surface area contributed by atoms with Crippen molar-refractivity contribution < 1.29 is 9.13 Å². The van der Waals surface area contributed by atoms with Crippen LogP contribution < -0.4 is 10.4 Å². The first-order valence-electron chi connectivity index (χ1n) is 6.37. The molecule has 0 aliphatic rings. The minimum Gasteiger partial charge on any atom is -0.494 e. The number of rotatable bonds is 3. The molecule has 0 atom stereocenters. The summed E-state index contributed by atoms with van der Waals surface area (Å²) in [6.45, 7) is 0. The lowest BCUT2D eigenvalue weighted by atomic mass is 10.2. The maximum absolute atomic E-state index is 13.4. The van der Waals surface area contributed by atoms with Crippen LogP contribution in [0.2, 0.25) is 0 Å². The third-order valence-corrected chi connectivity index (χ3v) is 3.64. The lowest BCUT2D eigenvalue weighted by molar-refractivity contribution is 0.387. The molecule has 0 radical (unpaired) electrons. The Morgan fingerprint density at radius 2 is 1.95 bits per heavy atom. The van der Waals surface area contributed by atoms with Crippen LogP contribution in [0.15, 0.2) is 51.7 Å². The molecular weight excluding hydrogens is 353 g/mol. The SMILES string of the molecule is COc1cc(-c2nn(-c3ccc(Br)cc3)c(=O)[nH]2)ccc1F. The molecule has 0 amide bonds. The quantitative estimate of drug-likeness (QED) is 0.777. The van der Waals surface area contributed by atoms with E-state index < -0.39 is 5.82 Å². The Kier molecular flexibility index (Phi) is 3.81. The molecule has 0 bridgehead atoms. The van der Waals surface area contributed by atoms with Crippen molar-refractivity contribution in [1.82, 2.24) is 14.8 Å². The van der Waals surface area contributed by atoms with Gasteiger partial charge in [0.2, 0.25) is 0 Å². The summed E-state index contributed by atoms with van der Waals surface area (Å²) in [5.41, 5.74) is 0.816. The first kappa shape index (κ1) is 14.5. The number of benzene rings is 2. The zero-order valence-corrected chi connectivity index (χ0v) is 13.1. The molecule has 3 rings (SSSR count). The van der Waals surface area contributed by atoms with Crippen LogP contribution in [0.3, 0.4) is 0 Å². The molecule has 1 N–H and O–H groups in total. The summed E-state index contributed by atoms with van der Waals surface area (Å²) in [6, 6.07) is 11.4. The molecular formula is C15H11BrFN3O2. The van der Waals surface area contributed by atoms with Crippen molar-refractivity contribution in [2.75, 3.05) is 7.11 Å². The van der Waals surface area contributed by atoms with E-state index in [1.807, 2.05) is 12.1 Å². The lowest BCUT2D eigenvalue weighted by Crippen LogP contribution is -2.15. The van der Waals surface area contributed by atoms with Gasteiger partial charge in [-0.05, 0) is 42.5 Å². The smallest absolute Gasteiger partial charge is 0.348 e. The fourth-order valence-electron chi connectivity index (χ4n) is 2.02. The standard InChI is InChI=1S/C15H11BrFN3O2/c1-22-13-8-9(2-7-12(13)17)14-18-15(21)20(19-14)11-5-3-10(16)4-6-11/h2-8H,1H3,(H,18,19,21). The molecule has 2 aromatic carbocycles. The maximum atomic E-state index is 13.4. The predicted molar refractivity (Wildman–Crippen MR) is 83.8 cm³/mol. The highest BCUT2D eigenvalue weighted by atomic mass is 79.9. The Bertz CT molecular complexity index is 871. The second-order valence-corrected chi connectivity index (χ2v) is 5.43. The fraction of sp³-hybridized carbons (Fsp3) is 0.0667. The number of hydrogen-bond donors (Lipinski definition) is 1. The number of nitrogens with zero attached hydrogens (tertiary/aromatic N) is 2. The minimum absolute atomic E-state index is 0.0940. The van der Waals surface area contributed by atoms with Crippen molar-refractivity contribution in [3.63, 3.8) is 0 Å². The number of aromatic amines is 1. The first-order chi connectivity index (χ1) is 10.6. The number of halogens is 2. The van der Waals surface area contributed by atoms with Crippen LogP contribution in [-0.2, 0) is 0 Å². The second-order valence-electron chi connectivity index (χ2n) is 4.52. The summed E-state index contributed by atoms with van der Waals surface area (Å²) < 4.78 is 20.5. The minimum atomic E-state index is -0.471.